The van der Waals surface area contributed by atoms with E-state index in [1.165, 1.54) is 67.0 Å². The molecule has 2 bridgehead atoms. The van der Waals surface area contributed by atoms with Gasteiger partial charge in [0.15, 0.2) is 6.20 Å². The molecule has 0 amide bonds. The molecule has 34 heavy (non-hydrogen) atoms. The van der Waals surface area contributed by atoms with E-state index in [1.54, 1.807) is 43.6 Å². The van der Waals surface area contributed by atoms with E-state index >= 15 is 0 Å². The van der Waals surface area contributed by atoms with Gasteiger partial charge in [-0.05, 0) is 133 Å². The molecular formula is C32H33NP+. The molecule has 0 spiro atoms. The quantitative estimate of drug-likeness (QED) is 0.223. The zero-order valence-corrected chi connectivity index (χ0v) is 21.5. The lowest BCUT2D eigenvalue weighted by molar-refractivity contribution is -0.659. The highest BCUT2D eigenvalue weighted by Crippen LogP contribution is 2.54. The summed E-state index contributed by atoms with van der Waals surface area (Å²) < 4.78 is 2.42. The number of fused-ring (bicyclic) bond motifs is 5. The smallest absolute Gasteiger partial charge is 0.200 e. The van der Waals surface area contributed by atoms with Gasteiger partial charge in [0, 0.05) is 6.07 Å². The van der Waals surface area contributed by atoms with E-state index in [2.05, 4.69) is 67.8 Å². The van der Waals surface area contributed by atoms with Crippen LogP contribution in [0, 0.1) is 18.8 Å². The van der Waals surface area contributed by atoms with Crippen LogP contribution in [0.15, 0.2) is 42.6 Å². The van der Waals surface area contributed by atoms with Crippen molar-refractivity contribution in [2.75, 3.05) is 6.66 Å². The molecule has 2 saturated carbocycles. The second-order valence-electron chi connectivity index (χ2n) is 11.6. The molecule has 170 valence electrons. The van der Waals surface area contributed by atoms with E-state index in [9.17, 15) is 0 Å². The first-order valence-electron chi connectivity index (χ1n) is 13.4. The zero-order valence-electron chi connectivity index (χ0n) is 20.6. The van der Waals surface area contributed by atoms with Crippen molar-refractivity contribution in [2.45, 2.75) is 57.8 Å². The van der Waals surface area contributed by atoms with Gasteiger partial charge in [-0.25, -0.2) is 4.57 Å². The summed E-state index contributed by atoms with van der Waals surface area (Å²) in [5.74, 6) is 2.72. The van der Waals surface area contributed by atoms with Crippen molar-refractivity contribution in [3.63, 3.8) is 0 Å². The fraction of sp³-hybridized carbons (Fsp3) is 0.406. The Kier molecular flexibility index (Phi) is 4.07. The van der Waals surface area contributed by atoms with Gasteiger partial charge >= 0.3 is 0 Å². The van der Waals surface area contributed by atoms with Crippen molar-refractivity contribution in [3.05, 3.63) is 64.8 Å². The highest BCUT2D eigenvalue weighted by atomic mass is 31.1. The molecule has 2 heterocycles. The van der Waals surface area contributed by atoms with Crippen molar-refractivity contribution in [3.8, 4) is 11.3 Å². The van der Waals surface area contributed by atoms with Gasteiger partial charge in [0.1, 0.15) is 7.05 Å². The van der Waals surface area contributed by atoms with Crippen molar-refractivity contribution >= 4 is 40.1 Å². The predicted molar refractivity (Wildman–Crippen MR) is 145 cm³/mol. The standard InChI is InChI=1S/C32H33NP/c1-18-24-8-4-6-20-7-5-9-25(29(20)24)32-28(18)31-30-22(12-13-33(31)2)16-23(17-27(30)34(32)3)26-15-19-10-11-21(26)14-19/h4,6,8,12-13,16-17,19,21,26H,5,7,9-11,14-15H2,1-3H3/q+1. The Bertz CT molecular complexity index is 1550. The average molecular weight is 463 g/mol. The molecule has 1 nitrogen and oxygen atoms in total. The Morgan fingerprint density at radius 1 is 1.00 bits per heavy atom. The summed E-state index contributed by atoms with van der Waals surface area (Å²) in [6.45, 7) is 4.97. The Morgan fingerprint density at radius 3 is 2.74 bits per heavy atom. The maximum Gasteiger partial charge on any atom is 0.221 e. The number of aromatic nitrogens is 1. The van der Waals surface area contributed by atoms with Crippen LogP contribution in [0.4, 0.5) is 0 Å². The van der Waals surface area contributed by atoms with Crippen LogP contribution in [0.3, 0.4) is 0 Å². The minimum atomic E-state index is -0.371. The Hall–Kier alpha value is -2.24. The lowest BCUT2D eigenvalue weighted by atomic mass is 9.81. The molecule has 0 radical (unpaired) electrons. The molecule has 1 aromatic heterocycles. The third kappa shape index (κ3) is 2.47. The van der Waals surface area contributed by atoms with E-state index in [0.717, 1.165) is 17.8 Å². The SMILES string of the molecule is Cc1c2c(c3c4c(cccc14)CCC3)P(C)c1cc(C3CC4CCC3C4)cc3cc[n+](C)c-2c13. The van der Waals surface area contributed by atoms with E-state index in [1.807, 2.05) is 0 Å². The van der Waals surface area contributed by atoms with Crippen LogP contribution in [-0.2, 0) is 19.9 Å². The third-order valence-electron chi connectivity index (χ3n) is 9.96. The second kappa shape index (κ2) is 6.92. The van der Waals surface area contributed by atoms with Gasteiger partial charge in [-0.1, -0.05) is 30.7 Å². The van der Waals surface area contributed by atoms with Crippen LogP contribution in [0.5, 0.6) is 0 Å². The molecular weight excluding hydrogens is 429 g/mol. The van der Waals surface area contributed by atoms with Gasteiger partial charge in [-0.2, -0.15) is 0 Å². The number of aryl methyl sites for hydroxylation is 4. The molecule has 1 aliphatic heterocycles. The van der Waals surface area contributed by atoms with E-state index in [4.69, 9.17) is 0 Å². The zero-order chi connectivity index (χ0) is 22.7. The number of rotatable bonds is 1. The summed E-state index contributed by atoms with van der Waals surface area (Å²) in [5, 5.41) is 9.47. The summed E-state index contributed by atoms with van der Waals surface area (Å²) in [4.78, 5) is 0. The minimum absolute atomic E-state index is 0.371. The summed E-state index contributed by atoms with van der Waals surface area (Å²) in [6.07, 6.45) is 11.9. The molecule has 0 saturated heterocycles. The maximum absolute atomic E-state index is 2.69. The van der Waals surface area contributed by atoms with Crippen LogP contribution in [0.2, 0.25) is 0 Å². The summed E-state index contributed by atoms with van der Waals surface area (Å²) in [7, 11) is 1.89. The molecule has 4 aliphatic rings. The van der Waals surface area contributed by atoms with Gasteiger partial charge in [0.2, 0.25) is 5.69 Å². The van der Waals surface area contributed by atoms with Crippen LogP contribution in [-0.4, -0.2) is 6.66 Å². The van der Waals surface area contributed by atoms with Crippen LogP contribution < -0.4 is 15.2 Å². The van der Waals surface area contributed by atoms with Gasteiger partial charge in [-0.15, -0.1) is 0 Å². The maximum atomic E-state index is 2.69. The average Bonchev–Trinajstić information content (AvgIpc) is 3.49. The monoisotopic (exact) mass is 462 g/mol. The molecule has 2 heteroatoms. The number of hydrogen-bond donors (Lipinski definition) is 0. The minimum Gasteiger partial charge on any atom is -0.200 e. The molecule has 3 aromatic carbocycles. The van der Waals surface area contributed by atoms with Crippen molar-refractivity contribution in [2.24, 2.45) is 18.9 Å². The van der Waals surface area contributed by atoms with Gasteiger partial charge in [0.25, 0.3) is 0 Å². The topological polar surface area (TPSA) is 3.88 Å². The Labute approximate surface area is 204 Å². The first-order valence-corrected chi connectivity index (χ1v) is 15.2. The molecule has 4 aromatic rings. The van der Waals surface area contributed by atoms with Crippen molar-refractivity contribution in [1.29, 1.82) is 0 Å². The van der Waals surface area contributed by atoms with Crippen molar-refractivity contribution < 1.29 is 4.57 Å². The van der Waals surface area contributed by atoms with Crippen molar-refractivity contribution in [1.82, 2.24) is 0 Å². The Balaban J connectivity index is 1.47. The molecule has 3 aliphatic carbocycles. The highest BCUT2D eigenvalue weighted by Gasteiger charge is 2.41. The molecule has 4 atom stereocenters. The number of pyridine rings is 1. The normalized spacial score (nSPS) is 26.4. The molecule has 4 unspecified atom stereocenters. The second-order valence-corrected chi connectivity index (χ2v) is 13.7. The first kappa shape index (κ1) is 20.0. The number of benzene rings is 3. The predicted octanol–water partition coefficient (Wildman–Crippen LogP) is 6.56. The van der Waals surface area contributed by atoms with Gasteiger partial charge in [0.05, 0.1) is 10.9 Å². The van der Waals surface area contributed by atoms with Crippen LogP contribution in [0.25, 0.3) is 32.8 Å². The summed E-state index contributed by atoms with van der Waals surface area (Å²) in [6, 6.07) is 14.7. The van der Waals surface area contributed by atoms with Gasteiger partial charge in [-0.3, -0.25) is 0 Å². The third-order valence-corrected chi connectivity index (χ3v) is 12.2. The van der Waals surface area contributed by atoms with Crippen LogP contribution >= 0.6 is 7.92 Å². The Morgan fingerprint density at radius 2 is 1.91 bits per heavy atom. The lowest BCUT2D eigenvalue weighted by Gasteiger charge is -2.33. The summed E-state index contributed by atoms with van der Waals surface area (Å²) in [5.41, 5.74) is 9.44. The molecule has 2 fully saturated rings. The first-order chi connectivity index (χ1) is 16.6. The van der Waals surface area contributed by atoms with E-state index in [-0.39, 0.29) is 7.92 Å². The highest BCUT2D eigenvalue weighted by molar-refractivity contribution is 7.73. The van der Waals surface area contributed by atoms with Gasteiger partial charge < -0.3 is 0 Å². The lowest BCUT2D eigenvalue weighted by Crippen LogP contribution is -2.37. The number of hydrogen-bond acceptors (Lipinski definition) is 0. The largest absolute Gasteiger partial charge is 0.221 e. The van der Waals surface area contributed by atoms with E-state index < -0.39 is 0 Å². The fourth-order valence-electron chi connectivity index (χ4n) is 8.47. The molecule has 0 N–H and O–H groups in total. The number of nitrogens with zero attached hydrogens (tertiary/aromatic N) is 1. The fourth-order valence-corrected chi connectivity index (χ4v) is 10.9. The summed E-state index contributed by atoms with van der Waals surface area (Å²) >= 11 is 0. The van der Waals surface area contributed by atoms with Crippen LogP contribution in [0.1, 0.15) is 60.3 Å². The molecule has 8 rings (SSSR count). The van der Waals surface area contributed by atoms with E-state index in [0.29, 0.717) is 0 Å².